The van der Waals surface area contributed by atoms with E-state index in [9.17, 15) is 4.79 Å². The lowest BCUT2D eigenvalue weighted by Gasteiger charge is -2.03. The van der Waals surface area contributed by atoms with Crippen molar-refractivity contribution >= 4 is 17.3 Å². The molecule has 0 bridgehead atoms. The minimum atomic E-state index is -0.303. The van der Waals surface area contributed by atoms with Gasteiger partial charge in [-0.25, -0.2) is 4.98 Å². The molecule has 0 unspecified atom stereocenters. The van der Waals surface area contributed by atoms with Crippen LogP contribution < -0.4 is 11.3 Å². The van der Waals surface area contributed by atoms with Gasteiger partial charge in [0, 0.05) is 6.54 Å². The zero-order valence-electron chi connectivity index (χ0n) is 8.12. The Kier molecular flexibility index (Phi) is 3.30. The third-order valence-electron chi connectivity index (χ3n) is 1.72. The van der Waals surface area contributed by atoms with Crippen molar-refractivity contribution in [1.82, 2.24) is 9.55 Å². The van der Waals surface area contributed by atoms with Crippen LogP contribution in [-0.2, 0) is 6.54 Å². The Morgan fingerprint density at radius 3 is 2.93 bits per heavy atom. The molecule has 0 spiro atoms. The van der Waals surface area contributed by atoms with E-state index in [1.165, 1.54) is 10.9 Å². The fourth-order valence-electron chi connectivity index (χ4n) is 0.896. The molecule has 4 nitrogen and oxygen atoms in total. The smallest absolute Gasteiger partial charge is 0.278 e. The normalized spacial score (nSPS) is 9.93. The molecule has 0 radical (unpaired) electrons. The summed E-state index contributed by atoms with van der Waals surface area (Å²) < 4.78 is 1.41. The molecule has 14 heavy (non-hydrogen) atoms. The summed E-state index contributed by atoms with van der Waals surface area (Å²) in [7, 11) is 0. The molecule has 0 aliphatic heterocycles. The summed E-state index contributed by atoms with van der Waals surface area (Å²) in [6.45, 7) is 4.38. The molecule has 1 heterocycles. The largest absolute Gasteiger partial charge is 0.392 e. The number of nitrogen functional groups attached to an aromatic ring is 1. The van der Waals surface area contributed by atoms with Crippen LogP contribution in [0.5, 0.6) is 0 Å². The van der Waals surface area contributed by atoms with Crippen LogP contribution in [0.15, 0.2) is 22.8 Å². The molecule has 0 aromatic carbocycles. The van der Waals surface area contributed by atoms with E-state index in [-0.39, 0.29) is 16.4 Å². The van der Waals surface area contributed by atoms with E-state index in [4.69, 9.17) is 17.3 Å². The zero-order valence-corrected chi connectivity index (χ0v) is 8.88. The van der Waals surface area contributed by atoms with E-state index in [1.807, 2.05) is 19.9 Å². The summed E-state index contributed by atoms with van der Waals surface area (Å²) in [5.74, 6) is 0. The van der Waals surface area contributed by atoms with Crippen molar-refractivity contribution in [1.29, 1.82) is 0 Å². The lowest BCUT2D eigenvalue weighted by molar-refractivity contribution is 0.753. The van der Waals surface area contributed by atoms with E-state index >= 15 is 0 Å². The number of rotatable bonds is 2. The quantitative estimate of drug-likeness (QED) is 0.598. The average Bonchev–Trinajstić information content (AvgIpc) is 2.13. The fraction of sp³-hybridized carbons (Fsp3) is 0.333. The molecule has 0 amide bonds. The van der Waals surface area contributed by atoms with Crippen molar-refractivity contribution in [3.63, 3.8) is 0 Å². The molecule has 1 aromatic heterocycles. The Labute approximate surface area is 87.0 Å². The van der Waals surface area contributed by atoms with Gasteiger partial charge in [-0.05, 0) is 13.8 Å². The lowest BCUT2D eigenvalue weighted by atomic mass is 10.3. The van der Waals surface area contributed by atoms with Crippen LogP contribution in [-0.4, -0.2) is 9.55 Å². The van der Waals surface area contributed by atoms with Gasteiger partial charge in [-0.15, -0.1) is 0 Å². The molecule has 0 aliphatic carbocycles. The lowest BCUT2D eigenvalue weighted by Crippen LogP contribution is -2.23. The van der Waals surface area contributed by atoms with E-state index in [1.54, 1.807) is 0 Å². The summed E-state index contributed by atoms with van der Waals surface area (Å²) in [4.78, 5) is 15.3. The number of anilines is 1. The van der Waals surface area contributed by atoms with Gasteiger partial charge in [0.1, 0.15) is 5.69 Å². The van der Waals surface area contributed by atoms with Crippen molar-refractivity contribution < 1.29 is 0 Å². The topological polar surface area (TPSA) is 60.9 Å². The number of allylic oxidation sites excluding steroid dienone is 2. The summed E-state index contributed by atoms with van der Waals surface area (Å²) in [6, 6.07) is 0. The summed E-state index contributed by atoms with van der Waals surface area (Å²) in [6.07, 6.45) is 3.30. The Morgan fingerprint density at radius 1 is 1.71 bits per heavy atom. The van der Waals surface area contributed by atoms with Crippen LogP contribution in [0.3, 0.4) is 0 Å². The van der Waals surface area contributed by atoms with Gasteiger partial charge in [0.25, 0.3) is 5.56 Å². The molecule has 0 fully saturated rings. The number of hydrogen-bond acceptors (Lipinski definition) is 3. The van der Waals surface area contributed by atoms with E-state index in [0.717, 1.165) is 5.57 Å². The predicted octanol–water partition coefficient (Wildman–Crippen LogP) is 1.45. The van der Waals surface area contributed by atoms with Gasteiger partial charge in [0.2, 0.25) is 0 Å². The summed E-state index contributed by atoms with van der Waals surface area (Å²) in [5.41, 5.74) is 6.26. The molecule has 0 aliphatic rings. The van der Waals surface area contributed by atoms with Gasteiger partial charge in [0.05, 0.1) is 6.33 Å². The first kappa shape index (κ1) is 10.8. The molecule has 1 aromatic rings. The van der Waals surface area contributed by atoms with Crippen LogP contribution in [0, 0.1) is 0 Å². The molecule has 2 N–H and O–H groups in total. The van der Waals surface area contributed by atoms with Crippen molar-refractivity contribution in [3.05, 3.63) is 33.5 Å². The molecular formula is C9H12ClN3O. The number of nitrogens with two attached hydrogens (primary N) is 1. The van der Waals surface area contributed by atoms with Crippen LogP contribution in [0.25, 0.3) is 0 Å². The van der Waals surface area contributed by atoms with Gasteiger partial charge in [-0.3, -0.25) is 9.36 Å². The van der Waals surface area contributed by atoms with Gasteiger partial charge in [0.15, 0.2) is 5.15 Å². The first-order chi connectivity index (χ1) is 6.52. The molecule has 0 saturated carbocycles. The Balaban J connectivity index is 3.07. The average molecular weight is 214 g/mol. The molecule has 0 atom stereocenters. The zero-order chi connectivity index (χ0) is 10.7. The molecule has 76 valence electrons. The van der Waals surface area contributed by atoms with Crippen LogP contribution in [0.2, 0.25) is 5.15 Å². The second kappa shape index (κ2) is 4.28. The van der Waals surface area contributed by atoms with Gasteiger partial charge in [-0.1, -0.05) is 23.3 Å². The Bertz CT molecular complexity index is 419. The van der Waals surface area contributed by atoms with Gasteiger partial charge >= 0.3 is 0 Å². The maximum atomic E-state index is 11.5. The van der Waals surface area contributed by atoms with Gasteiger partial charge < -0.3 is 5.73 Å². The molecule has 0 saturated heterocycles. The third-order valence-corrected chi connectivity index (χ3v) is 2.02. The first-order valence-corrected chi connectivity index (χ1v) is 4.54. The third kappa shape index (κ3) is 2.35. The molecule has 1 rings (SSSR count). The summed E-state index contributed by atoms with van der Waals surface area (Å²) in [5, 5.41) is 0.0588. The summed E-state index contributed by atoms with van der Waals surface area (Å²) >= 11 is 5.58. The maximum Gasteiger partial charge on any atom is 0.278 e. The minimum absolute atomic E-state index is 0.00340. The highest BCUT2D eigenvalue weighted by Gasteiger charge is 2.04. The highest BCUT2D eigenvalue weighted by Crippen LogP contribution is 2.07. The first-order valence-electron chi connectivity index (χ1n) is 4.16. The number of hydrogen-bond donors (Lipinski definition) is 1. The number of halogens is 1. The van der Waals surface area contributed by atoms with Crippen molar-refractivity contribution in [3.8, 4) is 0 Å². The molecular weight excluding hydrogens is 202 g/mol. The fourth-order valence-corrected chi connectivity index (χ4v) is 1.02. The van der Waals surface area contributed by atoms with E-state index in [0.29, 0.717) is 6.54 Å². The van der Waals surface area contributed by atoms with Gasteiger partial charge in [-0.2, -0.15) is 0 Å². The van der Waals surface area contributed by atoms with Crippen molar-refractivity contribution in [2.24, 2.45) is 0 Å². The van der Waals surface area contributed by atoms with E-state index in [2.05, 4.69) is 4.98 Å². The van der Waals surface area contributed by atoms with Crippen LogP contribution in [0.4, 0.5) is 5.69 Å². The minimum Gasteiger partial charge on any atom is -0.392 e. The van der Waals surface area contributed by atoms with E-state index < -0.39 is 0 Å². The Hall–Kier alpha value is -1.29. The number of aromatic nitrogens is 2. The highest BCUT2D eigenvalue weighted by molar-refractivity contribution is 6.31. The molecule has 5 heteroatoms. The van der Waals surface area contributed by atoms with Crippen LogP contribution >= 0.6 is 11.6 Å². The Morgan fingerprint density at radius 2 is 2.36 bits per heavy atom. The van der Waals surface area contributed by atoms with Crippen molar-refractivity contribution in [2.45, 2.75) is 20.4 Å². The number of nitrogens with zero attached hydrogens (tertiary/aromatic N) is 2. The highest BCUT2D eigenvalue weighted by atomic mass is 35.5. The second-order valence-corrected chi connectivity index (χ2v) is 3.55. The maximum absolute atomic E-state index is 11.5. The standard InChI is InChI=1S/C9H12ClN3O/c1-6(2)3-4-13-5-12-8(10)7(11)9(13)14/h3,5H,4,11H2,1-2H3. The van der Waals surface area contributed by atoms with Crippen molar-refractivity contribution in [2.75, 3.05) is 5.73 Å². The second-order valence-electron chi connectivity index (χ2n) is 3.19. The monoisotopic (exact) mass is 213 g/mol. The SMILES string of the molecule is CC(C)=CCn1cnc(Cl)c(N)c1=O. The predicted molar refractivity (Wildman–Crippen MR) is 57.4 cm³/mol. The van der Waals surface area contributed by atoms with Crippen LogP contribution in [0.1, 0.15) is 13.8 Å².